The van der Waals surface area contributed by atoms with Gasteiger partial charge in [-0.05, 0) is 11.4 Å². The molecule has 84 valence electrons. The Kier molecular flexibility index (Phi) is 4.10. The third-order valence-corrected chi connectivity index (χ3v) is 2.21. The molecule has 1 aromatic heterocycles. The molecule has 0 radical (unpaired) electrons. The van der Waals surface area contributed by atoms with Crippen molar-refractivity contribution in [2.45, 2.75) is 12.6 Å². The van der Waals surface area contributed by atoms with Crippen molar-refractivity contribution in [2.24, 2.45) is 0 Å². The lowest BCUT2D eigenvalue weighted by molar-refractivity contribution is -0.191. The molecule has 0 spiro atoms. The standard InChI is InChI=1S/C8H8F3NO2S/c9-8(10,11)5-14-12-7(13)4-6-2-1-3-15-6/h1-3H,4-5H2,(H,12,13). The van der Waals surface area contributed by atoms with Crippen LogP contribution in [0.2, 0.25) is 0 Å². The number of hydrogen-bond donors (Lipinski definition) is 1. The first-order chi connectivity index (χ1) is 6.97. The third-order valence-electron chi connectivity index (χ3n) is 1.34. The third kappa shape index (κ3) is 5.38. The Morgan fingerprint density at radius 2 is 2.27 bits per heavy atom. The number of rotatable bonds is 4. The number of nitrogens with one attached hydrogen (secondary N) is 1. The van der Waals surface area contributed by atoms with Crippen molar-refractivity contribution in [1.82, 2.24) is 5.48 Å². The van der Waals surface area contributed by atoms with Gasteiger partial charge in [0.05, 0.1) is 6.42 Å². The van der Waals surface area contributed by atoms with Crippen molar-refractivity contribution in [3.63, 3.8) is 0 Å². The van der Waals surface area contributed by atoms with Gasteiger partial charge in [0.2, 0.25) is 5.91 Å². The molecular formula is C8H8F3NO2S. The summed E-state index contributed by atoms with van der Waals surface area (Å²) in [5.41, 5.74) is 1.73. The highest BCUT2D eigenvalue weighted by atomic mass is 32.1. The summed E-state index contributed by atoms with van der Waals surface area (Å²) in [5, 5.41) is 1.78. The van der Waals surface area contributed by atoms with E-state index in [9.17, 15) is 18.0 Å². The van der Waals surface area contributed by atoms with E-state index < -0.39 is 18.7 Å². The van der Waals surface area contributed by atoms with Gasteiger partial charge in [0.15, 0.2) is 6.61 Å². The quantitative estimate of drug-likeness (QED) is 0.815. The second-order valence-electron chi connectivity index (χ2n) is 2.69. The van der Waals surface area contributed by atoms with Gasteiger partial charge in [-0.25, -0.2) is 5.48 Å². The van der Waals surface area contributed by atoms with Gasteiger partial charge in [-0.1, -0.05) is 6.07 Å². The van der Waals surface area contributed by atoms with Crippen molar-refractivity contribution < 1.29 is 22.8 Å². The van der Waals surface area contributed by atoms with E-state index in [-0.39, 0.29) is 6.42 Å². The Morgan fingerprint density at radius 3 is 2.80 bits per heavy atom. The summed E-state index contributed by atoms with van der Waals surface area (Å²) in [6.45, 7) is -1.48. The van der Waals surface area contributed by atoms with Crippen LogP contribution >= 0.6 is 11.3 Å². The van der Waals surface area contributed by atoms with E-state index in [1.165, 1.54) is 11.3 Å². The topological polar surface area (TPSA) is 38.3 Å². The SMILES string of the molecule is O=C(Cc1cccs1)NOCC(F)(F)F. The van der Waals surface area contributed by atoms with Crippen LogP contribution in [-0.2, 0) is 16.1 Å². The molecule has 0 fully saturated rings. The molecule has 0 aromatic carbocycles. The average molecular weight is 239 g/mol. The zero-order valence-corrected chi connectivity index (χ0v) is 8.32. The molecule has 0 atom stereocenters. The van der Waals surface area contributed by atoms with Crippen LogP contribution < -0.4 is 5.48 Å². The molecule has 15 heavy (non-hydrogen) atoms. The van der Waals surface area contributed by atoms with Crippen LogP contribution in [0.3, 0.4) is 0 Å². The first-order valence-electron chi connectivity index (χ1n) is 3.97. The zero-order chi connectivity index (χ0) is 11.3. The minimum Gasteiger partial charge on any atom is -0.272 e. The molecule has 1 amide bonds. The Labute approximate surface area is 87.8 Å². The van der Waals surface area contributed by atoms with Gasteiger partial charge in [-0.15, -0.1) is 11.3 Å². The minimum absolute atomic E-state index is 0.0233. The summed E-state index contributed by atoms with van der Waals surface area (Å²) >= 11 is 1.35. The van der Waals surface area contributed by atoms with Crippen LogP contribution in [0.4, 0.5) is 13.2 Å². The van der Waals surface area contributed by atoms with E-state index in [0.717, 1.165) is 4.88 Å². The van der Waals surface area contributed by atoms with Crippen LogP contribution in [-0.4, -0.2) is 18.7 Å². The largest absolute Gasteiger partial charge is 0.414 e. The molecule has 0 saturated carbocycles. The fraction of sp³-hybridized carbons (Fsp3) is 0.375. The Hall–Kier alpha value is -1.08. The first-order valence-corrected chi connectivity index (χ1v) is 4.85. The number of alkyl halides is 3. The summed E-state index contributed by atoms with van der Waals surface area (Å²) in [4.78, 5) is 15.8. The molecule has 1 aromatic rings. The monoisotopic (exact) mass is 239 g/mol. The highest BCUT2D eigenvalue weighted by molar-refractivity contribution is 7.10. The Morgan fingerprint density at radius 1 is 1.53 bits per heavy atom. The minimum atomic E-state index is -4.43. The second-order valence-corrected chi connectivity index (χ2v) is 3.72. The maximum atomic E-state index is 11.6. The fourth-order valence-corrected chi connectivity index (χ4v) is 1.51. The number of amides is 1. The van der Waals surface area contributed by atoms with Crippen LogP contribution in [0.15, 0.2) is 17.5 Å². The van der Waals surface area contributed by atoms with Crippen molar-refractivity contribution in [1.29, 1.82) is 0 Å². The molecule has 0 aliphatic heterocycles. The normalized spacial score (nSPS) is 11.4. The predicted octanol–water partition coefficient (Wildman–Crippen LogP) is 1.90. The average Bonchev–Trinajstić information content (AvgIpc) is 2.54. The number of thiophene rings is 1. The highest BCUT2D eigenvalue weighted by Gasteiger charge is 2.28. The summed E-state index contributed by atoms with van der Waals surface area (Å²) in [7, 11) is 0. The first kappa shape index (κ1) is 12.0. The molecular weight excluding hydrogens is 231 g/mol. The molecule has 0 aliphatic rings. The second kappa shape index (κ2) is 5.13. The molecule has 0 saturated heterocycles. The maximum absolute atomic E-state index is 11.6. The van der Waals surface area contributed by atoms with Gasteiger partial charge in [0.25, 0.3) is 0 Å². The lowest BCUT2D eigenvalue weighted by atomic mass is 10.3. The molecule has 7 heteroatoms. The van der Waals surface area contributed by atoms with E-state index in [4.69, 9.17) is 0 Å². The highest BCUT2D eigenvalue weighted by Crippen LogP contribution is 2.13. The van der Waals surface area contributed by atoms with E-state index in [0.29, 0.717) is 0 Å². The zero-order valence-electron chi connectivity index (χ0n) is 7.50. The van der Waals surface area contributed by atoms with E-state index in [2.05, 4.69) is 4.84 Å². The van der Waals surface area contributed by atoms with Crippen molar-refractivity contribution in [3.05, 3.63) is 22.4 Å². The van der Waals surface area contributed by atoms with Crippen LogP contribution in [0.1, 0.15) is 4.88 Å². The van der Waals surface area contributed by atoms with E-state index in [1.807, 2.05) is 0 Å². The van der Waals surface area contributed by atoms with Crippen LogP contribution in [0, 0.1) is 0 Å². The van der Waals surface area contributed by atoms with Gasteiger partial charge >= 0.3 is 6.18 Å². The summed E-state index contributed by atoms with van der Waals surface area (Å²) in [5.74, 6) is -0.596. The molecule has 0 aliphatic carbocycles. The van der Waals surface area contributed by atoms with Gasteiger partial charge in [-0.3, -0.25) is 9.63 Å². The Balaban J connectivity index is 2.20. The van der Waals surface area contributed by atoms with E-state index in [1.54, 1.807) is 23.0 Å². The summed E-state index contributed by atoms with van der Waals surface area (Å²) in [6.07, 6.45) is -4.41. The molecule has 1 rings (SSSR count). The van der Waals surface area contributed by atoms with Crippen molar-refractivity contribution in [3.8, 4) is 0 Å². The summed E-state index contributed by atoms with van der Waals surface area (Å²) < 4.78 is 34.8. The molecule has 0 unspecified atom stereocenters. The summed E-state index contributed by atoms with van der Waals surface area (Å²) in [6, 6.07) is 3.47. The van der Waals surface area contributed by atoms with E-state index >= 15 is 0 Å². The Bertz CT molecular complexity index is 310. The van der Waals surface area contributed by atoms with Gasteiger partial charge in [-0.2, -0.15) is 13.2 Å². The molecule has 3 nitrogen and oxygen atoms in total. The van der Waals surface area contributed by atoms with Crippen molar-refractivity contribution >= 4 is 17.2 Å². The van der Waals surface area contributed by atoms with Crippen LogP contribution in [0.25, 0.3) is 0 Å². The lowest BCUT2D eigenvalue weighted by Gasteiger charge is -2.07. The van der Waals surface area contributed by atoms with Gasteiger partial charge in [0.1, 0.15) is 0 Å². The predicted molar refractivity (Wildman–Crippen MR) is 48.2 cm³/mol. The number of carbonyl (C=O) groups is 1. The van der Waals surface area contributed by atoms with Crippen LogP contribution in [0.5, 0.6) is 0 Å². The molecule has 1 heterocycles. The number of carbonyl (C=O) groups excluding carboxylic acids is 1. The number of hydrogen-bond acceptors (Lipinski definition) is 3. The lowest BCUT2D eigenvalue weighted by Crippen LogP contribution is -2.30. The van der Waals surface area contributed by atoms with Gasteiger partial charge in [0, 0.05) is 4.88 Å². The fourth-order valence-electron chi connectivity index (χ4n) is 0.806. The molecule has 1 N–H and O–H groups in total. The smallest absolute Gasteiger partial charge is 0.272 e. The number of hydroxylamine groups is 1. The maximum Gasteiger partial charge on any atom is 0.414 e. The number of halogens is 3. The van der Waals surface area contributed by atoms with Gasteiger partial charge < -0.3 is 0 Å². The molecule has 0 bridgehead atoms. The van der Waals surface area contributed by atoms with Crippen molar-refractivity contribution in [2.75, 3.05) is 6.61 Å².